The predicted octanol–water partition coefficient (Wildman–Crippen LogP) is 3.02. The number of morpholine rings is 1. The van der Waals surface area contributed by atoms with Crippen molar-refractivity contribution in [3.63, 3.8) is 0 Å². The minimum Gasteiger partial charge on any atom is -0.379 e. The summed E-state index contributed by atoms with van der Waals surface area (Å²) < 4.78 is 32.1. The Morgan fingerprint density at radius 1 is 0.939 bits per heavy atom. The predicted molar refractivity (Wildman–Crippen MR) is 126 cm³/mol. The summed E-state index contributed by atoms with van der Waals surface area (Å²) >= 11 is 0. The highest BCUT2D eigenvalue weighted by Gasteiger charge is 2.26. The summed E-state index contributed by atoms with van der Waals surface area (Å²) in [5.41, 5.74) is 2.62. The molecule has 7 nitrogen and oxygen atoms in total. The number of nitrogens with one attached hydrogen (secondary N) is 1. The Hall–Kier alpha value is -3.33. The van der Waals surface area contributed by atoms with Gasteiger partial charge in [-0.2, -0.15) is 4.31 Å². The third-order valence-electron chi connectivity index (χ3n) is 5.37. The van der Waals surface area contributed by atoms with Gasteiger partial charge in [0.25, 0.3) is 0 Å². The fraction of sp³-hybridized carbons (Fsp3) is 0.200. The van der Waals surface area contributed by atoms with Crippen molar-refractivity contribution in [1.82, 2.24) is 14.6 Å². The average Bonchev–Trinajstić information content (AvgIpc) is 2.88. The second kappa shape index (κ2) is 10.5. The lowest BCUT2D eigenvalue weighted by Gasteiger charge is -2.26. The maximum atomic E-state index is 12.7. The molecule has 170 valence electrons. The maximum absolute atomic E-state index is 12.7. The van der Waals surface area contributed by atoms with Crippen LogP contribution in [-0.4, -0.2) is 49.9 Å². The van der Waals surface area contributed by atoms with Gasteiger partial charge < -0.3 is 10.1 Å². The minimum atomic E-state index is -3.54. The molecule has 8 heteroatoms. The van der Waals surface area contributed by atoms with Crippen LogP contribution < -0.4 is 5.32 Å². The molecule has 0 radical (unpaired) electrons. The first-order valence-corrected chi connectivity index (χ1v) is 12.1. The van der Waals surface area contributed by atoms with E-state index in [9.17, 15) is 13.2 Å². The van der Waals surface area contributed by atoms with Crippen molar-refractivity contribution in [1.29, 1.82) is 0 Å². The lowest BCUT2D eigenvalue weighted by molar-refractivity contribution is -0.116. The Morgan fingerprint density at radius 2 is 1.58 bits per heavy atom. The summed E-state index contributed by atoms with van der Waals surface area (Å²) in [6, 6.07) is 19.6. The Kier molecular flexibility index (Phi) is 7.29. The quantitative estimate of drug-likeness (QED) is 0.544. The van der Waals surface area contributed by atoms with Crippen LogP contribution in [0.1, 0.15) is 22.7 Å². The molecule has 1 saturated heterocycles. The Morgan fingerprint density at radius 3 is 2.24 bits per heavy atom. The summed E-state index contributed by atoms with van der Waals surface area (Å²) in [6.07, 6.45) is 6.50. The molecular formula is C25H25N3O4S. The first-order chi connectivity index (χ1) is 16.0. The molecule has 2 aromatic carbocycles. The third-order valence-corrected chi connectivity index (χ3v) is 7.29. The SMILES string of the molecule is O=C(/C=C/c1ccc(S(=O)(=O)N2CCOCC2)cc1)NC(c1ccccc1)c1ccncc1. The van der Waals surface area contributed by atoms with E-state index in [0.29, 0.717) is 26.3 Å². The van der Waals surface area contributed by atoms with Crippen molar-refractivity contribution in [2.45, 2.75) is 10.9 Å². The van der Waals surface area contributed by atoms with Crippen LogP contribution in [0.3, 0.4) is 0 Å². The van der Waals surface area contributed by atoms with Crippen LogP contribution in [0.2, 0.25) is 0 Å². The summed E-state index contributed by atoms with van der Waals surface area (Å²) in [7, 11) is -3.54. The van der Waals surface area contributed by atoms with E-state index in [1.54, 1.807) is 42.7 Å². The molecule has 1 unspecified atom stereocenters. The molecule has 3 aromatic rings. The molecule has 0 aliphatic carbocycles. The largest absolute Gasteiger partial charge is 0.379 e. The fourth-order valence-corrected chi connectivity index (χ4v) is 5.02. The number of amides is 1. The number of rotatable bonds is 7. The van der Waals surface area contributed by atoms with E-state index in [0.717, 1.165) is 16.7 Å². The smallest absolute Gasteiger partial charge is 0.244 e. The van der Waals surface area contributed by atoms with Gasteiger partial charge in [-0.15, -0.1) is 0 Å². The van der Waals surface area contributed by atoms with Crippen molar-refractivity contribution in [2.24, 2.45) is 0 Å². The molecule has 1 N–H and O–H groups in total. The van der Waals surface area contributed by atoms with E-state index >= 15 is 0 Å². The zero-order valence-electron chi connectivity index (χ0n) is 18.0. The van der Waals surface area contributed by atoms with Crippen LogP contribution >= 0.6 is 0 Å². The normalized spacial score (nSPS) is 15.9. The molecule has 4 rings (SSSR count). The molecule has 1 aromatic heterocycles. The Labute approximate surface area is 193 Å². The number of sulfonamides is 1. The monoisotopic (exact) mass is 463 g/mol. The Bertz CT molecular complexity index is 1150. The second-order valence-corrected chi connectivity index (χ2v) is 9.49. The zero-order chi connectivity index (χ0) is 23.1. The lowest BCUT2D eigenvalue weighted by atomic mass is 9.99. The van der Waals surface area contributed by atoms with Gasteiger partial charge in [-0.05, 0) is 47.0 Å². The number of hydrogen-bond donors (Lipinski definition) is 1. The van der Waals surface area contributed by atoms with Gasteiger partial charge in [-0.25, -0.2) is 8.42 Å². The molecule has 1 aliphatic heterocycles. The topological polar surface area (TPSA) is 88.6 Å². The summed E-state index contributed by atoms with van der Waals surface area (Å²) in [5.74, 6) is -0.259. The van der Waals surface area contributed by atoms with Crippen molar-refractivity contribution in [3.05, 3.63) is 102 Å². The van der Waals surface area contributed by atoms with Crippen LogP contribution in [0.15, 0.2) is 90.1 Å². The molecule has 0 spiro atoms. The van der Waals surface area contributed by atoms with Gasteiger partial charge in [-0.1, -0.05) is 42.5 Å². The van der Waals surface area contributed by atoms with E-state index in [1.165, 1.54) is 10.4 Å². The van der Waals surface area contributed by atoms with E-state index in [4.69, 9.17) is 4.74 Å². The van der Waals surface area contributed by atoms with E-state index in [-0.39, 0.29) is 16.8 Å². The van der Waals surface area contributed by atoms with Gasteiger partial charge in [0.2, 0.25) is 15.9 Å². The highest BCUT2D eigenvalue weighted by Crippen LogP contribution is 2.22. The average molecular weight is 464 g/mol. The zero-order valence-corrected chi connectivity index (χ0v) is 18.8. The first kappa shape index (κ1) is 22.8. The van der Waals surface area contributed by atoms with Crippen molar-refractivity contribution >= 4 is 22.0 Å². The molecule has 1 atom stereocenters. The van der Waals surface area contributed by atoms with Gasteiger partial charge >= 0.3 is 0 Å². The third kappa shape index (κ3) is 5.73. The van der Waals surface area contributed by atoms with Crippen molar-refractivity contribution in [2.75, 3.05) is 26.3 Å². The molecule has 2 heterocycles. The van der Waals surface area contributed by atoms with Gasteiger partial charge in [0.15, 0.2) is 0 Å². The molecule has 0 bridgehead atoms. The summed E-state index contributed by atoms with van der Waals surface area (Å²) in [6.45, 7) is 1.51. The standard InChI is InChI=1S/C25H25N3O4S/c29-24(27-25(21-4-2-1-3-5-21)22-12-14-26-15-13-22)11-8-20-6-9-23(10-7-20)33(30,31)28-16-18-32-19-17-28/h1-15,25H,16-19H2,(H,27,29)/b11-8+. The Balaban J connectivity index is 1.45. The highest BCUT2D eigenvalue weighted by atomic mass is 32.2. The first-order valence-electron chi connectivity index (χ1n) is 10.7. The van der Waals surface area contributed by atoms with Crippen molar-refractivity contribution in [3.8, 4) is 0 Å². The maximum Gasteiger partial charge on any atom is 0.244 e. The van der Waals surface area contributed by atoms with Crippen LogP contribution in [-0.2, 0) is 19.6 Å². The number of nitrogens with zero attached hydrogens (tertiary/aromatic N) is 2. The summed E-state index contributed by atoms with van der Waals surface area (Å²) in [5, 5.41) is 3.03. The van der Waals surface area contributed by atoms with Gasteiger partial charge in [0, 0.05) is 31.6 Å². The van der Waals surface area contributed by atoms with Crippen LogP contribution in [0.25, 0.3) is 6.08 Å². The number of aromatic nitrogens is 1. The summed E-state index contributed by atoms with van der Waals surface area (Å²) in [4.78, 5) is 17.0. The molecule has 1 amide bonds. The van der Waals surface area contributed by atoms with Gasteiger partial charge in [-0.3, -0.25) is 9.78 Å². The fourth-order valence-electron chi connectivity index (χ4n) is 3.61. The number of carbonyl (C=O) groups is 1. The number of ether oxygens (including phenoxy) is 1. The van der Waals surface area contributed by atoms with E-state index in [1.807, 2.05) is 42.5 Å². The number of carbonyl (C=O) groups excluding carboxylic acids is 1. The highest BCUT2D eigenvalue weighted by molar-refractivity contribution is 7.89. The lowest BCUT2D eigenvalue weighted by Crippen LogP contribution is -2.40. The van der Waals surface area contributed by atoms with Crippen LogP contribution in [0.4, 0.5) is 0 Å². The van der Waals surface area contributed by atoms with Crippen LogP contribution in [0, 0.1) is 0 Å². The number of pyridine rings is 1. The van der Waals surface area contributed by atoms with Gasteiger partial charge in [0.1, 0.15) is 0 Å². The second-order valence-electron chi connectivity index (χ2n) is 7.55. The molecule has 0 saturated carbocycles. The van der Waals surface area contributed by atoms with Crippen molar-refractivity contribution < 1.29 is 17.9 Å². The van der Waals surface area contributed by atoms with Crippen LogP contribution in [0.5, 0.6) is 0 Å². The minimum absolute atomic E-state index is 0.229. The van der Waals surface area contributed by atoms with Gasteiger partial charge in [0.05, 0.1) is 24.2 Å². The number of hydrogen-bond acceptors (Lipinski definition) is 5. The van der Waals surface area contributed by atoms with E-state index < -0.39 is 10.0 Å². The molecule has 33 heavy (non-hydrogen) atoms. The van der Waals surface area contributed by atoms with E-state index in [2.05, 4.69) is 10.3 Å². The molecular weight excluding hydrogens is 438 g/mol. The number of benzene rings is 2. The molecule has 1 fully saturated rings. The molecule has 1 aliphatic rings.